The second-order valence-electron chi connectivity index (χ2n) is 6.34. The van der Waals surface area contributed by atoms with Gasteiger partial charge in [-0.3, -0.25) is 4.90 Å². The van der Waals surface area contributed by atoms with Crippen LogP contribution in [0.15, 0.2) is 0 Å². The van der Waals surface area contributed by atoms with E-state index in [9.17, 15) is 0 Å². The van der Waals surface area contributed by atoms with E-state index in [1.165, 1.54) is 0 Å². The monoisotopic (exact) mass is 294 g/mol. The summed E-state index contributed by atoms with van der Waals surface area (Å²) in [7, 11) is 0. The van der Waals surface area contributed by atoms with E-state index < -0.39 is 0 Å². The number of likely N-dealkylation sites (N-methyl/N-ethyl adjacent to an activating group) is 1. The first-order valence-corrected chi connectivity index (χ1v) is 8.38. The second-order valence-corrected chi connectivity index (χ2v) is 6.34. The van der Waals surface area contributed by atoms with Gasteiger partial charge in [-0.25, -0.2) is 4.68 Å². The first-order valence-electron chi connectivity index (χ1n) is 8.38. The molecule has 0 N–H and O–H groups in total. The minimum atomic E-state index is 0.353. The largest absolute Gasteiger partial charge is 0.301 e. The molecule has 6 nitrogen and oxygen atoms in total. The van der Waals surface area contributed by atoms with E-state index in [-0.39, 0.29) is 0 Å². The first-order chi connectivity index (χ1) is 10.2. The van der Waals surface area contributed by atoms with Crippen molar-refractivity contribution in [1.29, 1.82) is 0 Å². The Morgan fingerprint density at radius 1 is 1.10 bits per heavy atom. The summed E-state index contributed by atoms with van der Waals surface area (Å²) < 4.78 is 2.01. The van der Waals surface area contributed by atoms with Crippen LogP contribution in [0.2, 0.25) is 0 Å². The van der Waals surface area contributed by atoms with Crippen LogP contribution in [0.5, 0.6) is 0 Å². The molecule has 0 spiro atoms. The molecule has 1 atom stereocenters. The Hall–Kier alpha value is -1.01. The van der Waals surface area contributed by atoms with Gasteiger partial charge in [0.1, 0.15) is 0 Å². The SMILES string of the molecule is CC[C@@H](c1nnnn1CCC(C)C)N1CCN(CC)CC1. The Kier molecular flexibility index (Phi) is 6.11. The zero-order chi connectivity index (χ0) is 15.2. The van der Waals surface area contributed by atoms with Gasteiger partial charge in [-0.2, -0.15) is 0 Å². The third kappa shape index (κ3) is 4.23. The third-order valence-corrected chi connectivity index (χ3v) is 4.46. The predicted octanol–water partition coefficient (Wildman–Crippen LogP) is 1.81. The van der Waals surface area contributed by atoms with Crippen molar-refractivity contribution in [2.24, 2.45) is 5.92 Å². The summed E-state index contributed by atoms with van der Waals surface area (Å²) in [6.45, 7) is 15.6. The lowest BCUT2D eigenvalue weighted by Gasteiger charge is -2.38. The summed E-state index contributed by atoms with van der Waals surface area (Å²) in [6, 6.07) is 0.353. The molecule has 21 heavy (non-hydrogen) atoms. The Morgan fingerprint density at radius 3 is 2.38 bits per heavy atom. The molecule has 1 fully saturated rings. The highest BCUT2D eigenvalue weighted by Gasteiger charge is 2.27. The summed E-state index contributed by atoms with van der Waals surface area (Å²) in [5.41, 5.74) is 0. The lowest BCUT2D eigenvalue weighted by Crippen LogP contribution is -2.47. The van der Waals surface area contributed by atoms with Gasteiger partial charge in [0.25, 0.3) is 0 Å². The van der Waals surface area contributed by atoms with E-state index in [2.05, 4.69) is 53.0 Å². The van der Waals surface area contributed by atoms with Gasteiger partial charge in [-0.05, 0) is 35.7 Å². The summed E-state index contributed by atoms with van der Waals surface area (Å²) in [5.74, 6) is 1.72. The van der Waals surface area contributed by atoms with Gasteiger partial charge in [-0.15, -0.1) is 5.10 Å². The molecule has 0 aromatic carbocycles. The van der Waals surface area contributed by atoms with E-state index in [1.807, 2.05) is 4.68 Å². The average Bonchev–Trinajstić information content (AvgIpc) is 2.95. The Morgan fingerprint density at radius 2 is 1.81 bits per heavy atom. The maximum atomic E-state index is 4.33. The second kappa shape index (κ2) is 7.84. The summed E-state index contributed by atoms with van der Waals surface area (Å²) in [5, 5.41) is 12.4. The number of aromatic nitrogens is 4. The molecule has 0 amide bonds. The number of hydrogen-bond donors (Lipinski definition) is 0. The van der Waals surface area contributed by atoms with E-state index >= 15 is 0 Å². The quantitative estimate of drug-likeness (QED) is 0.767. The molecular formula is C15H30N6. The van der Waals surface area contributed by atoms with Crippen LogP contribution in [0.25, 0.3) is 0 Å². The van der Waals surface area contributed by atoms with Gasteiger partial charge in [0.2, 0.25) is 0 Å². The Labute approximate surface area is 128 Å². The van der Waals surface area contributed by atoms with Crippen LogP contribution < -0.4 is 0 Å². The normalized spacial score (nSPS) is 19.3. The van der Waals surface area contributed by atoms with Gasteiger partial charge in [-0.1, -0.05) is 27.7 Å². The summed E-state index contributed by atoms with van der Waals surface area (Å²) >= 11 is 0. The lowest BCUT2D eigenvalue weighted by atomic mass is 10.1. The molecule has 6 heteroatoms. The van der Waals surface area contributed by atoms with Crippen molar-refractivity contribution in [3.63, 3.8) is 0 Å². The van der Waals surface area contributed by atoms with E-state index in [4.69, 9.17) is 0 Å². The van der Waals surface area contributed by atoms with Crippen LogP contribution in [0.1, 0.15) is 52.4 Å². The number of hydrogen-bond acceptors (Lipinski definition) is 5. The standard InChI is InChI=1S/C15H30N6/c1-5-14(20-11-9-19(6-2)10-12-20)15-16-17-18-21(15)8-7-13(3)4/h13-14H,5-12H2,1-4H3/t14-/m0/s1. The van der Waals surface area contributed by atoms with Crippen molar-refractivity contribution in [2.75, 3.05) is 32.7 Å². The fourth-order valence-electron chi connectivity index (χ4n) is 2.99. The van der Waals surface area contributed by atoms with Crippen molar-refractivity contribution >= 4 is 0 Å². The predicted molar refractivity (Wildman–Crippen MR) is 84.0 cm³/mol. The highest BCUT2D eigenvalue weighted by molar-refractivity contribution is 4.94. The van der Waals surface area contributed by atoms with Gasteiger partial charge in [0.05, 0.1) is 6.04 Å². The number of nitrogens with zero attached hydrogens (tertiary/aromatic N) is 6. The minimum absolute atomic E-state index is 0.353. The maximum Gasteiger partial charge on any atom is 0.168 e. The van der Waals surface area contributed by atoms with Crippen molar-refractivity contribution in [3.8, 4) is 0 Å². The molecular weight excluding hydrogens is 264 g/mol. The van der Waals surface area contributed by atoms with Crippen LogP contribution in [0.3, 0.4) is 0 Å². The fourth-order valence-corrected chi connectivity index (χ4v) is 2.99. The van der Waals surface area contributed by atoms with Crippen molar-refractivity contribution in [1.82, 2.24) is 30.0 Å². The molecule has 120 valence electrons. The van der Waals surface area contributed by atoms with E-state index in [1.54, 1.807) is 0 Å². The Balaban J connectivity index is 2.02. The van der Waals surface area contributed by atoms with Crippen LogP contribution >= 0.6 is 0 Å². The van der Waals surface area contributed by atoms with Crippen LogP contribution in [-0.2, 0) is 6.54 Å². The molecule has 1 aromatic heterocycles. The van der Waals surface area contributed by atoms with Crippen LogP contribution in [0, 0.1) is 5.92 Å². The fraction of sp³-hybridized carbons (Fsp3) is 0.933. The Bertz CT molecular complexity index is 408. The molecule has 2 rings (SSSR count). The minimum Gasteiger partial charge on any atom is -0.301 e. The molecule has 0 radical (unpaired) electrons. The topological polar surface area (TPSA) is 50.1 Å². The molecule has 2 heterocycles. The molecule has 1 aliphatic heterocycles. The van der Waals surface area contributed by atoms with Crippen molar-refractivity contribution < 1.29 is 0 Å². The highest BCUT2D eigenvalue weighted by atomic mass is 15.5. The zero-order valence-electron chi connectivity index (χ0n) is 14.0. The highest BCUT2D eigenvalue weighted by Crippen LogP contribution is 2.23. The molecule has 1 aliphatic rings. The van der Waals surface area contributed by atoms with Gasteiger partial charge in [0.15, 0.2) is 5.82 Å². The molecule has 0 bridgehead atoms. The van der Waals surface area contributed by atoms with Gasteiger partial charge < -0.3 is 4.90 Å². The molecule has 0 unspecified atom stereocenters. The van der Waals surface area contributed by atoms with Crippen LogP contribution in [0.4, 0.5) is 0 Å². The summed E-state index contributed by atoms with van der Waals surface area (Å²) in [4.78, 5) is 5.05. The number of tetrazole rings is 1. The first kappa shape index (κ1) is 16.4. The van der Waals surface area contributed by atoms with Crippen molar-refractivity contribution in [2.45, 2.75) is 53.1 Å². The number of aryl methyl sites for hydroxylation is 1. The summed E-state index contributed by atoms with van der Waals surface area (Å²) in [6.07, 6.45) is 2.19. The third-order valence-electron chi connectivity index (χ3n) is 4.46. The molecule has 0 saturated carbocycles. The molecule has 1 aromatic rings. The van der Waals surface area contributed by atoms with Gasteiger partial charge in [0, 0.05) is 32.7 Å². The van der Waals surface area contributed by atoms with E-state index in [0.717, 1.165) is 57.9 Å². The van der Waals surface area contributed by atoms with Gasteiger partial charge >= 0.3 is 0 Å². The van der Waals surface area contributed by atoms with E-state index in [0.29, 0.717) is 12.0 Å². The van der Waals surface area contributed by atoms with Crippen LogP contribution in [-0.4, -0.2) is 62.7 Å². The smallest absolute Gasteiger partial charge is 0.168 e. The number of piperazine rings is 1. The lowest BCUT2D eigenvalue weighted by molar-refractivity contribution is 0.0911. The van der Waals surface area contributed by atoms with Crippen molar-refractivity contribution in [3.05, 3.63) is 5.82 Å². The molecule has 0 aliphatic carbocycles. The molecule has 1 saturated heterocycles. The maximum absolute atomic E-state index is 4.33. The number of rotatable bonds is 7. The average molecular weight is 294 g/mol. The zero-order valence-corrected chi connectivity index (χ0v) is 14.0.